The Morgan fingerprint density at radius 2 is 2.00 bits per heavy atom. The highest BCUT2D eigenvalue weighted by Crippen LogP contribution is 2.36. The molecular formula is C11H10F2N2O3. The molecule has 0 unspecified atom stereocenters. The van der Waals surface area contributed by atoms with Gasteiger partial charge in [-0.1, -0.05) is 6.07 Å². The van der Waals surface area contributed by atoms with E-state index in [1.54, 1.807) is 0 Å². The molecule has 18 heavy (non-hydrogen) atoms. The molecule has 7 heteroatoms. The predicted molar refractivity (Wildman–Crippen MR) is 58.7 cm³/mol. The number of carbonyl (C=O) groups is 1. The number of rotatable bonds is 3. The minimum atomic E-state index is -0.935. The van der Waals surface area contributed by atoms with Crippen LogP contribution in [-0.4, -0.2) is 23.9 Å². The number of para-hydroxylation sites is 1. The average Bonchev–Trinajstić information content (AvgIpc) is 3.07. The maximum absolute atomic E-state index is 13.4. The van der Waals surface area contributed by atoms with E-state index < -0.39 is 40.1 Å². The summed E-state index contributed by atoms with van der Waals surface area (Å²) in [5.74, 6) is -3.17. The first-order chi connectivity index (χ1) is 8.43. The molecule has 1 aromatic rings. The Balaban J connectivity index is 2.20. The lowest BCUT2D eigenvalue weighted by molar-refractivity contribution is -0.497. The van der Waals surface area contributed by atoms with Crippen LogP contribution in [0.5, 0.6) is 0 Å². The largest absolute Gasteiger partial charge is 0.310 e. The highest BCUT2D eigenvalue weighted by Gasteiger charge is 2.54. The van der Waals surface area contributed by atoms with Gasteiger partial charge in [-0.2, -0.15) is 0 Å². The molecule has 1 amide bonds. The van der Waals surface area contributed by atoms with Crippen LogP contribution in [0.1, 0.15) is 6.42 Å². The van der Waals surface area contributed by atoms with Crippen LogP contribution in [0.4, 0.5) is 14.5 Å². The standard InChI is InChI=1S/C11H10F2N2O3/c1-14(10-7(12)3-2-4-8(10)13)11(16)6-5-9(6)15(17)18/h2-4,6,9H,5H2,1H3/t6-,9+/m1/s1. The van der Waals surface area contributed by atoms with Gasteiger partial charge in [-0.3, -0.25) is 14.9 Å². The SMILES string of the molecule is CN(C(=O)[C@@H]1C[C@@H]1[N+](=O)[O-])c1c(F)cccc1F. The van der Waals surface area contributed by atoms with Crippen molar-refractivity contribution < 1.29 is 18.5 Å². The van der Waals surface area contributed by atoms with E-state index >= 15 is 0 Å². The third-order valence-corrected chi connectivity index (χ3v) is 2.95. The van der Waals surface area contributed by atoms with Crippen LogP contribution in [-0.2, 0) is 4.79 Å². The van der Waals surface area contributed by atoms with E-state index in [0.29, 0.717) is 0 Å². The van der Waals surface area contributed by atoms with Crippen molar-refractivity contribution in [2.75, 3.05) is 11.9 Å². The van der Waals surface area contributed by atoms with E-state index in [9.17, 15) is 23.7 Å². The molecule has 0 heterocycles. The van der Waals surface area contributed by atoms with Crippen molar-refractivity contribution in [1.82, 2.24) is 0 Å². The van der Waals surface area contributed by atoms with Crippen LogP contribution in [0, 0.1) is 27.7 Å². The second-order valence-electron chi connectivity index (χ2n) is 4.16. The molecule has 2 atom stereocenters. The van der Waals surface area contributed by atoms with Crippen LogP contribution >= 0.6 is 0 Å². The number of nitrogens with zero attached hydrogens (tertiary/aromatic N) is 2. The summed E-state index contributed by atoms with van der Waals surface area (Å²) >= 11 is 0. The predicted octanol–water partition coefficient (Wildman–Crippen LogP) is 1.59. The zero-order valence-corrected chi connectivity index (χ0v) is 9.47. The molecule has 1 aromatic carbocycles. The smallest absolute Gasteiger partial charge is 0.237 e. The van der Waals surface area contributed by atoms with Gasteiger partial charge < -0.3 is 4.90 Å². The first kappa shape index (κ1) is 12.4. The fraction of sp³-hybridized carbons (Fsp3) is 0.364. The van der Waals surface area contributed by atoms with E-state index in [4.69, 9.17) is 0 Å². The molecule has 0 aliphatic heterocycles. The molecule has 96 valence electrons. The summed E-state index contributed by atoms with van der Waals surface area (Å²) in [4.78, 5) is 22.5. The fourth-order valence-corrected chi connectivity index (χ4v) is 1.85. The Bertz CT molecular complexity index is 501. The molecule has 0 radical (unpaired) electrons. The summed E-state index contributed by atoms with van der Waals surface area (Å²) < 4.78 is 26.9. The molecule has 1 aliphatic carbocycles. The van der Waals surface area contributed by atoms with Gasteiger partial charge >= 0.3 is 0 Å². The van der Waals surface area contributed by atoms with Crippen molar-refractivity contribution in [2.45, 2.75) is 12.5 Å². The average molecular weight is 256 g/mol. The molecule has 0 aromatic heterocycles. The zero-order chi connectivity index (χ0) is 13.4. The molecular weight excluding hydrogens is 246 g/mol. The molecule has 1 aliphatic rings. The molecule has 0 bridgehead atoms. The number of halogens is 2. The van der Waals surface area contributed by atoms with E-state index in [2.05, 4.69) is 0 Å². The van der Waals surface area contributed by atoms with Crippen molar-refractivity contribution >= 4 is 11.6 Å². The summed E-state index contributed by atoms with van der Waals surface area (Å²) in [5, 5.41) is 10.5. The van der Waals surface area contributed by atoms with Gasteiger partial charge in [0.1, 0.15) is 23.2 Å². The number of anilines is 1. The van der Waals surface area contributed by atoms with E-state index in [1.165, 1.54) is 13.1 Å². The Labute approximate surface area is 101 Å². The fourth-order valence-electron chi connectivity index (χ4n) is 1.85. The quantitative estimate of drug-likeness (QED) is 0.609. The highest BCUT2D eigenvalue weighted by molar-refractivity contribution is 5.96. The van der Waals surface area contributed by atoms with Gasteiger partial charge in [0.05, 0.1) is 0 Å². The zero-order valence-electron chi connectivity index (χ0n) is 9.47. The Morgan fingerprint density at radius 1 is 1.44 bits per heavy atom. The van der Waals surface area contributed by atoms with Crippen LogP contribution in [0.15, 0.2) is 18.2 Å². The lowest BCUT2D eigenvalue weighted by Gasteiger charge is -2.18. The van der Waals surface area contributed by atoms with E-state index in [1.807, 2.05) is 0 Å². The monoisotopic (exact) mass is 256 g/mol. The van der Waals surface area contributed by atoms with Gasteiger partial charge in [-0.05, 0) is 12.1 Å². The summed E-state index contributed by atoms with van der Waals surface area (Å²) in [6.07, 6.45) is 0.117. The normalized spacial score (nSPS) is 21.5. The van der Waals surface area contributed by atoms with Gasteiger partial charge in [0, 0.05) is 18.4 Å². The van der Waals surface area contributed by atoms with Crippen LogP contribution in [0.2, 0.25) is 0 Å². The van der Waals surface area contributed by atoms with Gasteiger partial charge in [0.25, 0.3) is 0 Å². The van der Waals surface area contributed by atoms with Crippen LogP contribution < -0.4 is 4.90 Å². The minimum absolute atomic E-state index is 0.117. The summed E-state index contributed by atoms with van der Waals surface area (Å²) in [7, 11) is 1.21. The van der Waals surface area contributed by atoms with Gasteiger partial charge in [0.2, 0.25) is 11.9 Å². The molecule has 1 fully saturated rings. The molecule has 1 saturated carbocycles. The lowest BCUT2D eigenvalue weighted by atomic mass is 10.2. The highest BCUT2D eigenvalue weighted by atomic mass is 19.1. The second-order valence-corrected chi connectivity index (χ2v) is 4.16. The maximum Gasteiger partial charge on any atom is 0.237 e. The first-order valence-corrected chi connectivity index (χ1v) is 5.28. The maximum atomic E-state index is 13.4. The lowest BCUT2D eigenvalue weighted by Crippen LogP contribution is -2.31. The Kier molecular flexibility index (Phi) is 2.98. The molecule has 0 N–H and O–H groups in total. The van der Waals surface area contributed by atoms with Gasteiger partial charge in [0.15, 0.2) is 0 Å². The minimum Gasteiger partial charge on any atom is -0.310 e. The van der Waals surface area contributed by atoms with Crippen LogP contribution in [0.3, 0.4) is 0 Å². The Hall–Kier alpha value is -2.05. The van der Waals surface area contributed by atoms with Crippen molar-refractivity contribution in [3.05, 3.63) is 39.9 Å². The summed E-state index contributed by atoms with van der Waals surface area (Å²) in [6.45, 7) is 0. The third kappa shape index (κ3) is 2.03. The topological polar surface area (TPSA) is 63.5 Å². The van der Waals surface area contributed by atoms with E-state index in [0.717, 1.165) is 17.0 Å². The number of hydrogen-bond acceptors (Lipinski definition) is 3. The number of hydrogen-bond donors (Lipinski definition) is 0. The second kappa shape index (κ2) is 4.32. The first-order valence-electron chi connectivity index (χ1n) is 5.28. The van der Waals surface area contributed by atoms with E-state index in [-0.39, 0.29) is 6.42 Å². The van der Waals surface area contributed by atoms with Crippen molar-refractivity contribution in [3.8, 4) is 0 Å². The van der Waals surface area contributed by atoms with Crippen molar-refractivity contribution in [1.29, 1.82) is 0 Å². The van der Waals surface area contributed by atoms with Crippen molar-refractivity contribution in [3.63, 3.8) is 0 Å². The number of carbonyl (C=O) groups excluding carboxylic acids is 1. The van der Waals surface area contributed by atoms with Crippen LogP contribution in [0.25, 0.3) is 0 Å². The number of amides is 1. The molecule has 0 spiro atoms. The summed E-state index contributed by atoms with van der Waals surface area (Å²) in [5.41, 5.74) is -0.475. The number of benzene rings is 1. The molecule has 0 saturated heterocycles. The summed E-state index contributed by atoms with van der Waals surface area (Å²) in [6, 6.07) is 2.30. The van der Waals surface area contributed by atoms with Gasteiger partial charge in [-0.25, -0.2) is 8.78 Å². The van der Waals surface area contributed by atoms with Gasteiger partial charge in [-0.15, -0.1) is 0 Å². The number of nitro groups is 1. The van der Waals surface area contributed by atoms with Crippen molar-refractivity contribution in [2.24, 2.45) is 5.92 Å². The Morgan fingerprint density at radius 3 is 2.44 bits per heavy atom. The molecule has 5 nitrogen and oxygen atoms in total. The molecule has 2 rings (SSSR count). The third-order valence-electron chi connectivity index (χ3n) is 2.95.